The van der Waals surface area contributed by atoms with Gasteiger partial charge in [-0.3, -0.25) is 0 Å². The third-order valence-electron chi connectivity index (χ3n) is 4.96. The zero-order valence-corrected chi connectivity index (χ0v) is 13.4. The van der Waals surface area contributed by atoms with Gasteiger partial charge in [-0.15, -0.1) is 0 Å². The highest BCUT2D eigenvalue weighted by molar-refractivity contribution is 5.46. The Morgan fingerprint density at radius 3 is 2.29 bits per heavy atom. The lowest BCUT2D eigenvalue weighted by Crippen LogP contribution is -2.32. The molecule has 0 spiro atoms. The Morgan fingerprint density at radius 2 is 1.76 bits per heavy atom. The van der Waals surface area contributed by atoms with Crippen molar-refractivity contribution in [1.29, 1.82) is 0 Å². The topological polar surface area (TPSA) is 41.5 Å². The average molecular weight is 291 g/mol. The second-order valence-corrected chi connectivity index (χ2v) is 6.27. The number of aliphatic hydroxyl groups excluding tert-OH is 1. The molecule has 2 N–H and O–H groups in total. The Bertz CT molecular complexity index is 397. The first-order valence-electron chi connectivity index (χ1n) is 8.33. The molecule has 0 bridgehead atoms. The van der Waals surface area contributed by atoms with Gasteiger partial charge < -0.3 is 15.2 Å². The Hall–Kier alpha value is -1.22. The highest BCUT2D eigenvalue weighted by Crippen LogP contribution is 2.28. The molecule has 1 fully saturated rings. The van der Waals surface area contributed by atoms with E-state index in [2.05, 4.69) is 31.3 Å². The van der Waals surface area contributed by atoms with Crippen molar-refractivity contribution in [3.05, 3.63) is 24.3 Å². The molecular formula is C18H29NO2. The van der Waals surface area contributed by atoms with Gasteiger partial charge in [0.25, 0.3) is 0 Å². The van der Waals surface area contributed by atoms with E-state index in [1.54, 1.807) is 0 Å². The van der Waals surface area contributed by atoms with E-state index in [9.17, 15) is 5.11 Å². The van der Waals surface area contributed by atoms with Crippen LogP contribution in [-0.4, -0.2) is 24.4 Å². The van der Waals surface area contributed by atoms with Crippen molar-refractivity contribution in [1.82, 2.24) is 0 Å². The summed E-state index contributed by atoms with van der Waals surface area (Å²) >= 11 is 0. The lowest BCUT2D eigenvalue weighted by atomic mass is 9.83. The van der Waals surface area contributed by atoms with Crippen LogP contribution in [0.4, 0.5) is 5.69 Å². The summed E-state index contributed by atoms with van der Waals surface area (Å²) in [5.74, 6) is 0.965. The molecule has 1 aromatic rings. The molecule has 0 saturated heterocycles. The van der Waals surface area contributed by atoms with Gasteiger partial charge in [0, 0.05) is 17.6 Å². The fraction of sp³-hybridized carbons (Fsp3) is 0.667. The maximum absolute atomic E-state index is 9.60. The second kappa shape index (κ2) is 7.69. The van der Waals surface area contributed by atoms with Gasteiger partial charge in [0.1, 0.15) is 5.75 Å². The van der Waals surface area contributed by atoms with Gasteiger partial charge >= 0.3 is 0 Å². The first-order valence-corrected chi connectivity index (χ1v) is 8.33. The normalized spacial score (nSPS) is 16.1. The third kappa shape index (κ3) is 4.37. The van der Waals surface area contributed by atoms with Crippen molar-refractivity contribution >= 4 is 5.69 Å². The monoisotopic (exact) mass is 291 g/mol. The summed E-state index contributed by atoms with van der Waals surface area (Å²) in [4.78, 5) is 0. The van der Waals surface area contributed by atoms with Gasteiger partial charge in [-0.1, -0.05) is 13.8 Å². The van der Waals surface area contributed by atoms with Crippen molar-refractivity contribution in [2.45, 2.75) is 58.5 Å². The maximum Gasteiger partial charge on any atom is 0.119 e. The molecule has 0 atom stereocenters. The number of ether oxygens (including phenoxy) is 1. The standard InChI is InChI=1S/C18H29NO2/c1-3-18(4-2,14-20)13-19-15-9-11-17(12-10-15)21-16-7-5-6-8-16/h9-12,16,19-20H,3-8,13-14H2,1-2H3. The first-order chi connectivity index (χ1) is 10.2. The van der Waals surface area contributed by atoms with E-state index in [1.165, 1.54) is 25.7 Å². The Kier molecular flexibility index (Phi) is 5.92. The molecule has 0 heterocycles. The minimum atomic E-state index is -0.0149. The number of rotatable bonds is 8. The van der Waals surface area contributed by atoms with Crippen molar-refractivity contribution in [2.75, 3.05) is 18.5 Å². The molecular weight excluding hydrogens is 262 g/mol. The zero-order valence-electron chi connectivity index (χ0n) is 13.4. The molecule has 1 aromatic carbocycles. The van der Waals surface area contributed by atoms with E-state index < -0.39 is 0 Å². The van der Waals surface area contributed by atoms with Crippen LogP contribution in [0.5, 0.6) is 5.75 Å². The van der Waals surface area contributed by atoms with Gasteiger partial charge in [0.05, 0.1) is 12.7 Å². The molecule has 0 amide bonds. The number of anilines is 1. The van der Waals surface area contributed by atoms with Gasteiger partial charge in [-0.05, 0) is 62.8 Å². The molecule has 118 valence electrons. The maximum atomic E-state index is 9.60. The van der Waals surface area contributed by atoms with E-state index in [1.807, 2.05) is 12.1 Å². The number of nitrogens with one attached hydrogen (secondary N) is 1. The van der Waals surface area contributed by atoms with Crippen LogP contribution in [0.3, 0.4) is 0 Å². The number of hydrogen-bond donors (Lipinski definition) is 2. The van der Waals surface area contributed by atoms with Crippen LogP contribution < -0.4 is 10.1 Å². The highest BCUT2D eigenvalue weighted by Gasteiger charge is 2.24. The Labute approximate surface area is 128 Å². The van der Waals surface area contributed by atoms with Crippen LogP contribution in [0.2, 0.25) is 0 Å². The molecule has 21 heavy (non-hydrogen) atoms. The smallest absolute Gasteiger partial charge is 0.119 e. The predicted molar refractivity (Wildman–Crippen MR) is 87.9 cm³/mol. The van der Waals surface area contributed by atoms with Crippen LogP contribution in [-0.2, 0) is 0 Å². The molecule has 1 aliphatic carbocycles. The third-order valence-corrected chi connectivity index (χ3v) is 4.96. The summed E-state index contributed by atoms with van der Waals surface area (Å²) in [5, 5.41) is 13.0. The van der Waals surface area contributed by atoms with E-state index >= 15 is 0 Å². The molecule has 0 aliphatic heterocycles. The van der Waals surface area contributed by atoms with Crippen LogP contribution >= 0.6 is 0 Å². The minimum absolute atomic E-state index is 0.0149. The number of benzene rings is 1. The van der Waals surface area contributed by atoms with Gasteiger partial charge in [-0.25, -0.2) is 0 Å². The Morgan fingerprint density at radius 1 is 1.14 bits per heavy atom. The van der Waals surface area contributed by atoms with Gasteiger partial charge in [0.2, 0.25) is 0 Å². The summed E-state index contributed by atoms with van der Waals surface area (Å²) in [6, 6.07) is 8.22. The largest absolute Gasteiger partial charge is 0.490 e. The summed E-state index contributed by atoms with van der Waals surface area (Å²) in [6.07, 6.45) is 7.33. The van der Waals surface area contributed by atoms with Crippen LogP contribution in [0.15, 0.2) is 24.3 Å². The summed E-state index contributed by atoms with van der Waals surface area (Å²) in [5.41, 5.74) is 1.08. The van der Waals surface area contributed by atoms with Crippen molar-refractivity contribution < 1.29 is 9.84 Å². The molecule has 3 nitrogen and oxygen atoms in total. The fourth-order valence-corrected chi connectivity index (χ4v) is 2.92. The second-order valence-electron chi connectivity index (χ2n) is 6.27. The van der Waals surface area contributed by atoms with E-state index in [0.717, 1.165) is 30.8 Å². The average Bonchev–Trinajstić information content (AvgIpc) is 3.04. The lowest BCUT2D eigenvalue weighted by molar-refractivity contribution is 0.127. The minimum Gasteiger partial charge on any atom is -0.490 e. The Balaban J connectivity index is 1.86. The van der Waals surface area contributed by atoms with Crippen LogP contribution in [0.1, 0.15) is 52.4 Å². The van der Waals surface area contributed by atoms with Gasteiger partial charge in [0.15, 0.2) is 0 Å². The summed E-state index contributed by atoms with van der Waals surface area (Å²) in [7, 11) is 0. The molecule has 0 unspecified atom stereocenters. The van der Waals surface area contributed by atoms with Crippen LogP contribution in [0.25, 0.3) is 0 Å². The molecule has 3 heteroatoms. The molecule has 2 rings (SSSR count). The van der Waals surface area contributed by atoms with Crippen molar-refractivity contribution in [2.24, 2.45) is 5.41 Å². The lowest BCUT2D eigenvalue weighted by Gasteiger charge is -2.30. The number of aliphatic hydroxyl groups is 1. The van der Waals surface area contributed by atoms with Crippen LogP contribution in [0, 0.1) is 5.41 Å². The molecule has 0 aromatic heterocycles. The SMILES string of the molecule is CCC(CC)(CO)CNc1ccc(OC2CCCC2)cc1. The molecule has 1 saturated carbocycles. The quantitative estimate of drug-likeness (QED) is 0.753. The van der Waals surface area contributed by atoms with Crippen molar-refractivity contribution in [3.63, 3.8) is 0 Å². The molecule has 0 radical (unpaired) electrons. The predicted octanol–water partition coefficient (Wildman–Crippen LogP) is 4.22. The van der Waals surface area contributed by atoms with Crippen molar-refractivity contribution in [3.8, 4) is 5.75 Å². The zero-order chi connectivity index (χ0) is 15.1. The number of hydrogen-bond acceptors (Lipinski definition) is 3. The van der Waals surface area contributed by atoms with Gasteiger partial charge in [-0.2, -0.15) is 0 Å². The summed E-state index contributed by atoms with van der Waals surface area (Å²) < 4.78 is 5.97. The fourth-order valence-electron chi connectivity index (χ4n) is 2.92. The molecule has 1 aliphatic rings. The highest BCUT2D eigenvalue weighted by atomic mass is 16.5. The van der Waals surface area contributed by atoms with E-state index in [-0.39, 0.29) is 12.0 Å². The van der Waals surface area contributed by atoms with E-state index in [0.29, 0.717) is 6.10 Å². The summed E-state index contributed by atoms with van der Waals surface area (Å²) in [6.45, 7) is 5.31. The van der Waals surface area contributed by atoms with E-state index in [4.69, 9.17) is 4.74 Å². The first kappa shape index (κ1) is 16.2.